The van der Waals surface area contributed by atoms with Crippen molar-refractivity contribution in [1.29, 1.82) is 0 Å². The molecule has 0 bridgehead atoms. The highest BCUT2D eigenvalue weighted by atomic mass is 28.4. The molecule has 3 heteroatoms. The average Bonchev–Trinajstić information content (AvgIpc) is 2.96. The predicted octanol–water partition coefficient (Wildman–Crippen LogP) is 5.12. The van der Waals surface area contributed by atoms with Crippen LogP contribution in [0.4, 0.5) is 0 Å². The lowest BCUT2D eigenvalue weighted by Crippen LogP contribution is -2.53. The molecule has 2 saturated carbocycles. The van der Waals surface area contributed by atoms with Crippen molar-refractivity contribution >= 4 is 8.32 Å². The molecule has 1 N–H and O–H groups in total. The third-order valence-electron chi connectivity index (χ3n) is 6.61. The first kappa shape index (κ1) is 17.5. The van der Waals surface area contributed by atoms with Crippen LogP contribution in [0, 0.1) is 11.3 Å². The lowest BCUT2D eigenvalue weighted by molar-refractivity contribution is -0.0530. The highest BCUT2D eigenvalue weighted by Crippen LogP contribution is 2.63. The molecule has 1 unspecified atom stereocenters. The highest BCUT2D eigenvalue weighted by molar-refractivity contribution is 6.77. The van der Waals surface area contributed by atoms with Crippen molar-refractivity contribution in [2.24, 2.45) is 11.3 Å². The van der Waals surface area contributed by atoms with Crippen LogP contribution in [0.3, 0.4) is 0 Å². The number of hydrogen-bond acceptors (Lipinski definition) is 2. The van der Waals surface area contributed by atoms with Crippen molar-refractivity contribution in [3.63, 3.8) is 0 Å². The highest BCUT2D eigenvalue weighted by Gasteiger charge is 2.66. The van der Waals surface area contributed by atoms with Gasteiger partial charge in [-0.1, -0.05) is 55.4 Å². The van der Waals surface area contributed by atoms with Gasteiger partial charge in [-0.05, 0) is 47.2 Å². The minimum atomic E-state index is -1.79. The number of hydrogen-bond donors (Lipinski definition) is 1. The molecule has 21 heavy (non-hydrogen) atoms. The molecule has 0 heterocycles. The molecule has 0 amide bonds. The van der Waals surface area contributed by atoms with Crippen LogP contribution in [0.25, 0.3) is 0 Å². The minimum Gasteiger partial charge on any atom is -0.413 e. The monoisotopic (exact) mass is 312 g/mol. The molecule has 0 aliphatic heterocycles. The molecule has 0 aromatic carbocycles. The van der Waals surface area contributed by atoms with Crippen molar-refractivity contribution in [1.82, 2.24) is 0 Å². The standard InChI is InChI=1S/C18H36O2Si/c1-12(2)21(13(3)4,14(5)6)20-16-9-15-10-18(15,19)17(7,8)11-16/h12-16,19H,9-11H2,1-8H3/t15-,16?,18-/m1/s1. The van der Waals surface area contributed by atoms with Gasteiger partial charge in [0, 0.05) is 6.10 Å². The van der Waals surface area contributed by atoms with Crippen LogP contribution in [0.1, 0.15) is 74.7 Å². The Hall–Kier alpha value is 0.137. The Morgan fingerprint density at radius 2 is 1.43 bits per heavy atom. The van der Waals surface area contributed by atoms with Gasteiger partial charge in [0.25, 0.3) is 0 Å². The second-order valence-electron chi connectivity index (χ2n) is 9.21. The Balaban J connectivity index is 2.19. The maximum Gasteiger partial charge on any atom is 0.200 e. The molecule has 2 nitrogen and oxygen atoms in total. The van der Waals surface area contributed by atoms with Gasteiger partial charge < -0.3 is 9.53 Å². The van der Waals surface area contributed by atoms with Crippen LogP contribution in [0.2, 0.25) is 16.6 Å². The Morgan fingerprint density at radius 3 is 1.81 bits per heavy atom. The van der Waals surface area contributed by atoms with E-state index in [0.717, 1.165) is 19.3 Å². The average molecular weight is 313 g/mol. The molecule has 0 saturated heterocycles. The van der Waals surface area contributed by atoms with Gasteiger partial charge in [0.15, 0.2) is 0 Å². The molecule has 0 aromatic rings. The normalized spacial score (nSPS) is 35.4. The molecule has 3 atom stereocenters. The Morgan fingerprint density at radius 1 is 0.952 bits per heavy atom. The SMILES string of the molecule is CC(C)[Si](OC1C[C@@H]2C[C@]2(O)C(C)(C)C1)(C(C)C)C(C)C. The van der Waals surface area contributed by atoms with Crippen molar-refractivity contribution in [2.75, 3.05) is 0 Å². The van der Waals surface area contributed by atoms with Crippen LogP contribution in [0.15, 0.2) is 0 Å². The van der Waals surface area contributed by atoms with E-state index in [2.05, 4.69) is 55.4 Å². The van der Waals surface area contributed by atoms with Crippen LogP contribution >= 0.6 is 0 Å². The maximum absolute atomic E-state index is 10.7. The Kier molecular flexibility index (Phi) is 4.45. The van der Waals surface area contributed by atoms with Crippen molar-refractivity contribution < 1.29 is 9.53 Å². The summed E-state index contributed by atoms with van der Waals surface area (Å²) in [5, 5.41) is 10.7. The molecule has 0 radical (unpaired) electrons. The molecule has 2 aliphatic carbocycles. The van der Waals surface area contributed by atoms with E-state index in [1.807, 2.05) is 0 Å². The van der Waals surface area contributed by atoms with Crippen molar-refractivity contribution in [3.8, 4) is 0 Å². The van der Waals surface area contributed by atoms with Gasteiger partial charge in [0.05, 0.1) is 5.60 Å². The van der Waals surface area contributed by atoms with E-state index < -0.39 is 13.9 Å². The summed E-state index contributed by atoms with van der Waals surface area (Å²) in [5.41, 5.74) is 1.53. The molecule has 0 aromatic heterocycles. The third-order valence-corrected chi connectivity index (χ3v) is 12.8. The fraction of sp³-hybridized carbons (Fsp3) is 1.00. The van der Waals surface area contributed by atoms with Gasteiger partial charge in [-0.25, -0.2) is 0 Å². The maximum atomic E-state index is 10.7. The third kappa shape index (κ3) is 2.64. The Labute approximate surface area is 132 Å². The molecule has 2 aliphatic rings. The summed E-state index contributed by atoms with van der Waals surface area (Å²) >= 11 is 0. The topological polar surface area (TPSA) is 29.5 Å². The molecule has 2 rings (SSSR count). The van der Waals surface area contributed by atoms with E-state index in [-0.39, 0.29) is 5.41 Å². The zero-order valence-electron chi connectivity index (χ0n) is 15.4. The van der Waals surface area contributed by atoms with E-state index in [1.165, 1.54) is 0 Å². The smallest absolute Gasteiger partial charge is 0.200 e. The largest absolute Gasteiger partial charge is 0.413 e. The summed E-state index contributed by atoms with van der Waals surface area (Å²) in [6.45, 7) is 18.6. The van der Waals surface area contributed by atoms with E-state index in [9.17, 15) is 5.11 Å². The molecule has 0 spiro atoms. The molecular formula is C18H36O2Si. The first-order chi connectivity index (χ1) is 9.47. The summed E-state index contributed by atoms with van der Waals surface area (Å²) < 4.78 is 6.97. The van der Waals surface area contributed by atoms with Crippen molar-refractivity contribution in [2.45, 2.75) is 103 Å². The first-order valence-corrected chi connectivity index (χ1v) is 11.0. The van der Waals surface area contributed by atoms with Gasteiger partial charge in [0.1, 0.15) is 0 Å². The quantitative estimate of drug-likeness (QED) is 0.714. The number of fused-ring (bicyclic) bond motifs is 1. The second-order valence-corrected chi connectivity index (χ2v) is 14.6. The summed E-state index contributed by atoms with van der Waals surface area (Å²) in [5.74, 6) is 0.476. The zero-order chi connectivity index (χ0) is 16.2. The summed E-state index contributed by atoms with van der Waals surface area (Å²) in [6.07, 6.45) is 3.42. The van der Waals surface area contributed by atoms with Gasteiger partial charge in [-0.3, -0.25) is 0 Å². The van der Waals surface area contributed by atoms with Gasteiger partial charge >= 0.3 is 0 Å². The first-order valence-electron chi connectivity index (χ1n) is 8.87. The van der Waals surface area contributed by atoms with E-state index in [1.54, 1.807) is 0 Å². The van der Waals surface area contributed by atoms with Crippen LogP contribution in [-0.4, -0.2) is 25.1 Å². The molecular weight excluding hydrogens is 276 g/mol. The zero-order valence-corrected chi connectivity index (χ0v) is 16.4. The lowest BCUT2D eigenvalue weighted by atomic mass is 9.73. The molecule has 124 valence electrons. The van der Waals surface area contributed by atoms with Gasteiger partial charge in [-0.15, -0.1) is 0 Å². The Bertz CT molecular complexity index is 367. The van der Waals surface area contributed by atoms with Crippen LogP contribution < -0.4 is 0 Å². The van der Waals surface area contributed by atoms with Crippen LogP contribution in [-0.2, 0) is 4.43 Å². The van der Waals surface area contributed by atoms with E-state index in [4.69, 9.17) is 4.43 Å². The summed E-state index contributed by atoms with van der Waals surface area (Å²) in [6, 6.07) is 0. The summed E-state index contributed by atoms with van der Waals surface area (Å²) in [4.78, 5) is 0. The van der Waals surface area contributed by atoms with E-state index in [0.29, 0.717) is 28.6 Å². The van der Waals surface area contributed by atoms with Crippen molar-refractivity contribution in [3.05, 3.63) is 0 Å². The summed E-state index contributed by atoms with van der Waals surface area (Å²) in [7, 11) is -1.79. The number of rotatable bonds is 5. The lowest BCUT2D eigenvalue weighted by Gasteiger charge is -2.48. The second kappa shape index (κ2) is 5.35. The minimum absolute atomic E-state index is 0.00562. The number of aliphatic hydroxyl groups is 1. The van der Waals surface area contributed by atoms with E-state index >= 15 is 0 Å². The van der Waals surface area contributed by atoms with Crippen LogP contribution in [0.5, 0.6) is 0 Å². The fourth-order valence-electron chi connectivity index (χ4n) is 5.36. The predicted molar refractivity (Wildman–Crippen MR) is 92.0 cm³/mol. The van der Waals surface area contributed by atoms with Gasteiger partial charge in [0.2, 0.25) is 8.32 Å². The van der Waals surface area contributed by atoms with Gasteiger partial charge in [-0.2, -0.15) is 0 Å². The fourth-order valence-corrected chi connectivity index (χ4v) is 10.9. The molecule has 2 fully saturated rings.